The number of likely N-dealkylation sites (N-methyl/N-ethyl adjacent to an activating group) is 1. The molecule has 2 aromatic rings. The van der Waals surface area contributed by atoms with Gasteiger partial charge in [-0.15, -0.1) is 0 Å². The lowest BCUT2D eigenvalue weighted by atomic mass is 10.2. The zero-order valence-electron chi connectivity index (χ0n) is 11.7. The van der Waals surface area contributed by atoms with Gasteiger partial charge in [0, 0.05) is 13.6 Å². The molecule has 0 aliphatic carbocycles. The molecule has 0 radical (unpaired) electrons. The van der Waals surface area contributed by atoms with Crippen LogP contribution in [0.4, 0.5) is 0 Å². The maximum atomic E-state index is 12.2. The summed E-state index contributed by atoms with van der Waals surface area (Å²) < 4.78 is 1.70. The number of hydrogen-bond acceptors (Lipinski definition) is 3. The molecular weight excluding hydrogens is 258 g/mol. The van der Waals surface area contributed by atoms with Crippen molar-refractivity contribution in [3.63, 3.8) is 0 Å². The fourth-order valence-electron chi connectivity index (χ4n) is 2.13. The minimum absolute atomic E-state index is 0.0347. The predicted octanol–water partition coefficient (Wildman–Crippen LogP) is 1.77. The summed E-state index contributed by atoms with van der Waals surface area (Å²) in [6.45, 7) is 4.30. The molecule has 1 atom stereocenters. The third-order valence-corrected chi connectivity index (χ3v) is 3.46. The normalized spacial score (nSPS) is 12.3. The first-order valence-electron chi connectivity index (χ1n) is 6.41. The summed E-state index contributed by atoms with van der Waals surface area (Å²) >= 11 is 0. The van der Waals surface area contributed by atoms with E-state index >= 15 is 0 Å². The quantitative estimate of drug-likeness (QED) is 0.922. The number of aromatic nitrogens is 2. The van der Waals surface area contributed by atoms with Crippen LogP contribution in [0, 0.1) is 0 Å². The minimum Gasteiger partial charge on any atom is -0.478 e. The number of hydrogen-bond donors (Lipinski definition) is 1. The topological polar surface area (TPSA) is 75.4 Å². The Bertz CT molecular complexity index is 663. The molecule has 1 heterocycles. The Kier molecular flexibility index (Phi) is 3.74. The Morgan fingerprint density at radius 3 is 2.75 bits per heavy atom. The Labute approximate surface area is 116 Å². The van der Waals surface area contributed by atoms with Crippen LogP contribution in [0.25, 0.3) is 11.0 Å². The lowest BCUT2D eigenvalue weighted by Gasteiger charge is -2.21. The van der Waals surface area contributed by atoms with Gasteiger partial charge in [0.05, 0.1) is 17.4 Å². The van der Waals surface area contributed by atoms with E-state index in [0.29, 0.717) is 17.6 Å². The third-order valence-electron chi connectivity index (χ3n) is 3.46. The number of amides is 1. The number of rotatable bonds is 4. The van der Waals surface area contributed by atoms with Gasteiger partial charge >= 0.3 is 5.97 Å². The highest BCUT2D eigenvalue weighted by Gasteiger charge is 2.21. The van der Waals surface area contributed by atoms with Crippen LogP contribution >= 0.6 is 0 Å². The van der Waals surface area contributed by atoms with Gasteiger partial charge in [0.2, 0.25) is 5.91 Å². The average Bonchev–Trinajstić information content (AvgIpc) is 2.88. The van der Waals surface area contributed by atoms with Crippen LogP contribution in [0.1, 0.15) is 30.2 Å². The number of imidazole rings is 1. The zero-order valence-corrected chi connectivity index (χ0v) is 11.7. The predicted molar refractivity (Wildman–Crippen MR) is 74.7 cm³/mol. The second-order valence-corrected chi connectivity index (χ2v) is 4.66. The number of benzene rings is 1. The van der Waals surface area contributed by atoms with Crippen molar-refractivity contribution >= 4 is 22.9 Å². The van der Waals surface area contributed by atoms with Crippen LogP contribution in [0.15, 0.2) is 24.5 Å². The number of carbonyl (C=O) groups excluding carboxylic acids is 1. The van der Waals surface area contributed by atoms with Crippen molar-refractivity contribution in [2.45, 2.75) is 19.9 Å². The molecule has 0 saturated heterocycles. The molecule has 1 aromatic carbocycles. The maximum absolute atomic E-state index is 12.2. The van der Waals surface area contributed by atoms with Crippen molar-refractivity contribution in [1.29, 1.82) is 0 Å². The van der Waals surface area contributed by atoms with Crippen molar-refractivity contribution < 1.29 is 14.7 Å². The third kappa shape index (κ3) is 2.24. The van der Waals surface area contributed by atoms with E-state index in [1.165, 1.54) is 12.4 Å². The highest BCUT2D eigenvalue weighted by molar-refractivity contribution is 6.01. The number of carboxylic acids is 1. The first-order valence-corrected chi connectivity index (χ1v) is 6.41. The molecule has 1 unspecified atom stereocenters. The molecule has 0 saturated carbocycles. The van der Waals surface area contributed by atoms with E-state index < -0.39 is 12.0 Å². The second-order valence-electron chi connectivity index (χ2n) is 4.66. The summed E-state index contributed by atoms with van der Waals surface area (Å²) in [7, 11) is 1.74. The van der Waals surface area contributed by atoms with Crippen molar-refractivity contribution in [1.82, 2.24) is 14.5 Å². The Hall–Kier alpha value is -2.37. The highest BCUT2D eigenvalue weighted by Crippen LogP contribution is 2.22. The molecule has 0 aliphatic heterocycles. The van der Waals surface area contributed by atoms with Crippen LogP contribution in [0.5, 0.6) is 0 Å². The lowest BCUT2D eigenvalue weighted by Crippen LogP contribution is -2.32. The summed E-state index contributed by atoms with van der Waals surface area (Å²) in [6, 6.07) is 4.51. The van der Waals surface area contributed by atoms with E-state index in [0.717, 1.165) is 0 Å². The van der Waals surface area contributed by atoms with Crippen molar-refractivity contribution in [2.24, 2.45) is 0 Å². The molecule has 0 aliphatic rings. The number of carbonyl (C=O) groups is 2. The highest BCUT2D eigenvalue weighted by atomic mass is 16.4. The van der Waals surface area contributed by atoms with Crippen LogP contribution in [-0.4, -0.2) is 45.0 Å². The van der Waals surface area contributed by atoms with Crippen LogP contribution in [-0.2, 0) is 4.79 Å². The van der Waals surface area contributed by atoms with E-state index in [1.54, 1.807) is 35.6 Å². The van der Waals surface area contributed by atoms with Gasteiger partial charge in [0.15, 0.2) is 0 Å². The van der Waals surface area contributed by atoms with Crippen molar-refractivity contribution in [2.75, 3.05) is 13.6 Å². The Balaban J connectivity index is 2.49. The molecule has 6 heteroatoms. The van der Waals surface area contributed by atoms with Gasteiger partial charge in [-0.25, -0.2) is 9.78 Å². The van der Waals surface area contributed by atoms with Crippen molar-refractivity contribution in [3.05, 3.63) is 30.1 Å². The summed E-state index contributed by atoms with van der Waals surface area (Å²) in [4.78, 5) is 29.1. The van der Waals surface area contributed by atoms with Gasteiger partial charge in [0.1, 0.15) is 11.6 Å². The standard InChI is InChI=1S/C14H17N3O3/c1-4-16(3)13(18)9(2)17-8-15-12-10(14(19)20)6-5-7-11(12)17/h5-9H,4H2,1-3H3,(H,19,20). The molecule has 1 N–H and O–H groups in total. The molecule has 0 fully saturated rings. The number of fused-ring (bicyclic) bond motifs is 1. The molecule has 1 aromatic heterocycles. The van der Waals surface area contributed by atoms with Gasteiger partial charge in [-0.05, 0) is 26.0 Å². The zero-order chi connectivity index (χ0) is 14.9. The number of nitrogens with zero attached hydrogens (tertiary/aromatic N) is 3. The smallest absolute Gasteiger partial charge is 0.337 e. The Morgan fingerprint density at radius 2 is 2.15 bits per heavy atom. The van der Waals surface area contributed by atoms with Gasteiger partial charge in [-0.1, -0.05) is 6.07 Å². The number of aromatic carboxylic acids is 1. The van der Waals surface area contributed by atoms with E-state index in [2.05, 4.69) is 4.98 Å². The maximum Gasteiger partial charge on any atom is 0.337 e. The SMILES string of the molecule is CCN(C)C(=O)C(C)n1cnc2c(C(=O)O)cccc21. The molecule has 0 spiro atoms. The monoisotopic (exact) mass is 275 g/mol. The van der Waals surface area contributed by atoms with E-state index in [-0.39, 0.29) is 11.5 Å². The average molecular weight is 275 g/mol. The molecular formula is C14H17N3O3. The largest absolute Gasteiger partial charge is 0.478 e. The molecule has 106 valence electrons. The second kappa shape index (κ2) is 5.32. The van der Waals surface area contributed by atoms with E-state index in [4.69, 9.17) is 5.11 Å². The van der Waals surface area contributed by atoms with E-state index in [9.17, 15) is 9.59 Å². The van der Waals surface area contributed by atoms with Crippen LogP contribution < -0.4 is 0 Å². The molecule has 0 bridgehead atoms. The van der Waals surface area contributed by atoms with Crippen LogP contribution in [0.2, 0.25) is 0 Å². The lowest BCUT2D eigenvalue weighted by molar-refractivity contribution is -0.132. The fraction of sp³-hybridized carbons (Fsp3) is 0.357. The summed E-state index contributed by atoms with van der Waals surface area (Å²) in [5.41, 5.74) is 1.19. The number of carboxylic acid groups (broad SMARTS) is 1. The first kappa shape index (κ1) is 14.0. The molecule has 20 heavy (non-hydrogen) atoms. The summed E-state index contributed by atoms with van der Waals surface area (Å²) in [6.07, 6.45) is 1.52. The van der Waals surface area contributed by atoms with Gasteiger partial charge in [-0.3, -0.25) is 4.79 Å². The summed E-state index contributed by atoms with van der Waals surface area (Å²) in [5, 5.41) is 9.14. The molecule has 1 amide bonds. The molecule has 6 nitrogen and oxygen atoms in total. The number of para-hydroxylation sites is 1. The van der Waals surface area contributed by atoms with Crippen molar-refractivity contribution in [3.8, 4) is 0 Å². The van der Waals surface area contributed by atoms with Gasteiger partial charge < -0.3 is 14.6 Å². The Morgan fingerprint density at radius 1 is 1.45 bits per heavy atom. The van der Waals surface area contributed by atoms with E-state index in [1.807, 2.05) is 6.92 Å². The first-order chi connectivity index (χ1) is 9.47. The summed E-state index contributed by atoms with van der Waals surface area (Å²) in [5.74, 6) is -1.06. The van der Waals surface area contributed by atoms with Crippen LogP contribution in [0.3, 0.4) is 0 Å². The minimum atomic E-state index is -1.02. The van der Waals surface area contributed by atoms with Gasteiger partial charge in [-0.2, -0.15) is 0 Å². The molecule has 2 rings (SSSR count). The van der Waals surface area contributed by atoms with Gasteiger partial charge in [0.25, 0.3) is 0 Å². The fourth-order valence-corrected chi connectivity index (χ4v) is 2.13.